The number of nitrogens with one attached hydrogen (secondary N) is 1. The molecule has 0 aliphatic rings. The van der Waals surface area contributed by atoms with E-state index in [0.29, 0.717) is 0 Å². The first-order valence-electron chi connectivity index (χ1n) is 9.68. The van der Waals surface area contributed by atoms with Gasteiger partial charge in [-0.25, -0.2) is 4.79 Å². The Hall–Kier alpha value is -3.40. The Bertz CT molecular complexity index is 856. The van der Waals surface area contributed by atoms with Gasteiger partial charge in [0, 0.05) is 0 Å². The van der Waals surface area contributed by atoms with Crippen LogP contribution in [0.1, 0.15) is 30.5 Å². The molecule has 4 nitrogen and oxygen atoms in total. The van der Waals surface area contributed by atoms with Gasteiger partial charge in [0.25, 0.3) is 0 Å². The molecule has 1 amide bonds. The molecule has 0 heterocycles. The molecule has 0 unspecified atom stereocenters. The summed E-state index contributed by atoms with van der Waals surface area (Å²) in [5.41, 5.74) is 1.17. The van der Waals surface area contributed by atoms with Crippen LogP contribution >= 0.6 is 0 Å². The number of rotatable bonds is 7. The van der Waals surface area contributed by atoms with Gasteiger partial charge in [0.2, 0.25) is 5.91 Å². The Labute approximate surface area is 171 Å². The second kappa shape index (κ2) is 8.74. The van der Waals surface area contributed by atoms with Crippen LogP contribution in [-0.4, -0.2) is 23.0 Å². The molecule has 0 aliphatic carbocycles. The molecule has 0 saturated heterocycles. The van der Waals surface area contributed by atoms with Gasteiger partial charge in [-0.2, -0.15) is 0 Å². The molecule has 0 saturated carbocycles. The van der Waals surface area contributed by atoms with Gasteiger partial charge in [0.15, 0.2) is 0 Å². The highest BCUT2D eigenvalue weighted by Crippen LogP contribution is 2.39. The second-order valence-corrected chi connectivity index (χ2v) is 7.38. The van der Waals surface area contributed by atoms with Crippen LogP contribution in [-0.2, 0) is 15.0 Å². The van der Waals surface area contributed by atoms with E-state index in [1.165, 1.54) is 0 Å². The van der Waals surface area contributed by atoms with E-state index in [1.807, 2.05) is 91.0 Å². The number of amides is 1. The summed E-state index contributed by atoms with van der Waals surface area (Å²) in [7, 11) is 0. The van der Waals surface area contributed by atoms with Crippen LogP contribution < -0.4 is 5.32 Å². The second-order valence-electron chi connectivity index (χ2n) is 7.38. The normalized spacial score (nSPS) is 12.4. The van der Waals surface area contributed by atoms with Crippen molar-refractivity contribution in [2.75, 3.05) is 0 Å². The standard InChI is InChI=1S/C25H25NO3/c1-18(2)22(23(27)28)26-24(29)25(19-12-6-3-7-13-19,20-14-8-4-9-15-20)21-16-10-5-11-17-21/h3-18,22H,1-2H3,(H,26,29)(H,27,28)/t22-/m1/s1. The molecule has 4 heteroatoms. The van der Waals surface area contributed by atoms with E-state index in [0.717, 1.165) is 16.7 Å². The minimum Gasteiger partial charge on any atom is -0.480 e. The Morgan fingerprint density at radius 2 is 1.07 bits per heavy atom. The lowest BCUT2D eigenvalue weighted by Crippen LogP contribution is -2.53. The van der Waals surface area contributed by atoms with Gasteiger partial charge >= 0.3 is 5.97 Å². The number of hydrogen-bond acceptors (Lipinski definition) is 2. The zero-order chi connectivity index (χ0) is 20.9. The maximum absolute atomic E-state index is 13.9. The SMILES string of the molecule is CC(C)[C@@H](NC(=O)C(c1ccccc1)(c1ccccc1)c1ccccc1)C(=O)O. The summed E-state index contributed by atoms with van der Waals surface area (Å²) in [5.74, 6) is -1.66. The van der Waals surface area contributed by atoms with Crippen LogP contribution in [0, 0.1) is 5.92 Å². The van der Waals surface area contributed by atoms with Gasteiger partial charge in [0.05, 0.1) is 0 Å². The monoisotopic (exact) mass is 387 g/mol. The lowest BCUT2D eigenvalue weighted by molar-refractivity contribution is -0.143. The molecule has 148 valence electrons. The Balaban J connectivity index is 2.28. The molecule has 0 aromatic heterocycles. The van der Waals surface area contributed by atoms with E-state index in [4.69, 9.17) is 0 Å². The van der Waals surface area contributed by atoms with Crippen molar-refractivity contribution < 1.29 is 14.7 Å². The van der Waals surface area contributed by atoms with Crippen molar-refractivity contribution in [1.29, 1.82) is 0 Å². The summed E-state index contributed by atoms with van der Waals surface area (Å²) >= 11 is 0. The summed E-state index contributed by atoms with van der Waals surface area (Å²) in [6.45, 7) is 3.57. The first kappa shape index (κ1) is 20.3. The van der Waals surface area contributed by atoms with E-state index < -0.39 is 17.4 Å². The summed E-state index contributed by atoms with van der Waals surface area (Å²) < 4.78 is 0. The highest BCUT2D eigenvalue weighted by Gasteiger charge is 2.45. The number of benzene rings is 3. The summed E-state index contributed by atoms with van der Waals surface area (Å²) in [6, 6.07) is 27.5. The number of hydrogen-bond donors (Lipinski definition) is 2. The number of carboxylic acids is 1. The van der Waals surface area contributed by atoms with Crippen LogP contribution in [0.4, 0.5) is 0 Å². The third kappa shape index (κ3) is 3.92. The summed E-state index contributed by atoms with van der Waals surface area (Å²) in [6.07, 6.45) is 0. The van der Waals surface area contributed by atoms with Crippen LogP contribution in [0.3, 0.4) is 0 Å². The smallest absolute Gasteiger partial charge is 0.326 e. The highest BCUT2D eigenvalue weighted by molar-refractivity contribution is 5.98. The fourth-order valence-corrected chi connectivity index (χ4v) is 3.72. The average Bonchev–Trinajstić information content (AvgIpc) is 2.74. The van der Waals surface area contributed by atoms with Gasteiger partial charge in [-0.1, -0.05) is 105 Å². The third-order valence-corrected chi connectivity index (χ3v) is 5.18. The van der Waals surface area contributed by atoms with Crippen LogP contribution in [0.2, 0.25) is 0 Å². The molecule has 0 fully saturated rings. The van der Waals surface area contributed by atoms with Crippen molar-refractivity contribution in [3.63, 3.8) is 0 Å². The topological polar surface area (TPSA) is 66.4 Å². The average molecular weight is 387 g/mol. The van der Waals surface area contributed by atoms with Crippen molar-refractivity contribution >= 4 is 11.9 Å². The molecule has 1 atom stereocenters. The van der Waals surface area contributed by atoms with Gasteiger partial charge < -0.3 is 10.4 Å². The predicted molar refractivity (Wildman–Crippen MR) is 114 cm³/mol. The highest BCUT2D eigenvalue weighted by atomic mass is 16.4. The van der Waals surface area contributed by atoms with Crippen LogP contribution in [0.25, 0.3) is 0 Å². The molecular weight excluding hydrogens is 362 g/mol. The zero-order valence-electron chi connectivity index (χ0n) is 16.6. The third-order valence-electron chi connectivity index (χ3n) is 5.18. The van der Waals surface area contributed by atoms with Crippen molar-refractivity contribution in [2.24, 2.45) is 5.92 Å². The molecule has 3 aromatic carbocycles. The maximum atomic E-state index is 13.9. The first-order valence-corrected chi connectivity index (χ1v) is 9.68. The molecular formula is C25H25NO3. The molecule has 0 spiro atoms. The predicted octanol–water partition coefficient (Wildman–Crippen LogP) is 4.25. The number of aliphatic carboxylic acids is 1. The van der Waals surface area contributed by atoms with Crippen molar-refractivity contribution in [3.8, 4) is 0 Å². The lowest BCUT2D eigenvalue weighted by atomic mass is 9.68. The summed E-state index contributed by atoms with van der Waals surface area (Å²) in [5, 5.41) is 12.5. The minimum atomic E-state index is -1.17. The number of carboxylic acid groups (broad SMARTS) is 1. The molecule has 2 N–H and O–H groups in total. The van der Waals surface area contributed by atoms with E-state index >= 15 is 0 Å². The van der Waals surface area contributed by atoms with Crippen LogP contribution in [0.15, 0.2) is 91.0 Å². The molecule has 29 heavy (non-hydrogen) atoms. The molecule has 3 rings (SSSR count). The zero-order valence-corrected chi connectivity index (χ0v) is 16.6. The fourth-order valence-electron chi connectivity index (χ4n) is 3.72. The molecule has 0 radical (unpaired) electrons. The Morgan fingerprint density at radius 3 is 1.34 bits per heavy atom. The van der Waals surface area contributed by atoms with Gasteiger partial charge in [-0.05, 0) is 22.6 Å². The van der Waals surface area contributed by atoms with Crippen LogP contribution in [0.5, 0.6) is 0 Å². The minimum absolute atomic E-state index is 0.253. The molecule has 0 bridgehead atoms. The van der Waals surface area contributed by atoms with Crippen molar-refractivity contribution in [2.45, 2.75) is 25.3 Å². The van der Waals surface area contributed by atoms with E-state index in [1.54, 1.807) is 13.8 Å². The maximum Gasteiger partial charge on any atom is 0.326 e. The number of carbonyl (C=O) groups excluding carboxylic acids is 1. The summed E-state index contributed by atoms with van der Waals surface area (Å²) in [4.78, 5) is 25.7. The number of carbonyl (C=O) groups is 2. The van der Waals surface area contributed by atoms with Crippen molar-refractivity contribution in [3.05, 3.63) is 108 Å². The largest absolute Gasteiger partial charge is 0.480 e. The Morgan fingerprint density at radius 1 is 0.724 bits per heavy atom. The van der Waals surface area contributed by atoms with E-state index in [9.17, 15) is 14.7 Å². The lowest BCUT2D eigenvalue weighted by Gasteiger charge is -2.36. The Kier molecular flexibility index (Phi) is 6.13. The quantitative estimate of drug-likeness (QED) is 0.596. The van der Waals surface area contributed by atoms with E-state index in [2.05, 4.69) is 5.32 Å². The van der Waals surface area contributed by atoms with Gasteiger partial charge in [-0.3, -0.25) is 4.79 Å². The fraction of sp³-hybridized carbons (Fsp3) is 0.200. The van der Waals surface area contributed by atoms with E-state index in [-0.39, 0.29) is 11.8 Å². The molecule has 0 aliphatic heterocycles. The molecule has 3 aromatic rings. The van der Waals surface area contributed by atoms with Gasteiger partial charge in [0.1, 0.15) is 11.5 Å². The van der Waals surface area contributed by atoms with Gasteiger partial charge in [-0.15, -0.1) is 0 Å². The first-order chi connectivity index (χ1) is 14.0. The van der Waals surface area contributed by atoms with Crippen molar-refractivity contribution in [1.82, 2.24) is 5.32 Å².